The lowest BCUT2D eigenvalue weighted by atomic mass is 10.0. The number of likely N-dealkylation sites (tertiary alicyclic amines) is 2. The Balaban J connectivity index is 1.35. The monoisotopic (exact) mass is 414 g/mol. The highest BCUT2D eigenvalue weighted by molar-refractivity contribution is 5.83. The molecule has 2 amide bonds. The number of carbonyl (C=O) groups excluding carboxylic acids is 2. The highest BCUT2D eigenvalue weighted by Gasteiger charge is 2.44. The summed E-state index contributed by atoms with van der Waals surface area (Å²) >= 11 is 0. The van der Waals surface area contributed by atoms with Crippen molar-refractivity contribution in [1.29, 1.82) is 0 Å². The zero-order chi connectivity index (χ0) is 21.1. The van der Waals surface area contributed by atoms with E-state index in [1.807, 2.05) is 23.1 Å². The van der Waals surface area contributed by atoms with Crippen molar-refractivity contribution < 1.29 is 14.7 Å². The second-order valence-corrected chi connectivity index (χ2v) is 8.97. The van der Waals surface area contributed by atoms with E-state index in [-0.39, 0.29) is 36.0 Å². The molecule has 3 aliphatic rings. The van der Waals surface area contributed by atoms with Gasteiger partial charge in [0.1, 0.15) is 6.04 Å². The van der Waals surface area contributed by atoms with Crippen molar-refractivity contribution >= 4 is 11.8 Å². The van der Waals surface area contributed by atoms with Crippen LogP contribution >= 0.6 is 0 Å². The number of hydrogen-bond acceptors (Lipinski definition) is 5. The third-order valence-electron chi connectivity index (χ3n) is 7.09. The van der Waals surface area contributed by atoms with Crippen LogP contribution in [0.2, 0.25) is 0 Å². The van der Waals surface area contributed by atoms with Crippen molar-refractivity contribution in [3.05, 3.63) is 35.9 Å². The zero-order valence-corrected chi connectivity index (χ0v) is 17.9. The van der Waals surface area contributed by atoms with E-state index in [0.29, 0.717) is 38.9 Å². The molecule has 3 fully saturated rings. The summed E-state index contributed by atoms with van der Waals surface area (Å²) in [6, 6.07) is 10.5. The average molecular weight is 415 g/mol. The molecular weight excluding hydrogens is 380 g/mol. The maximum atomic E-state index is 12.9. The van der Waals surface area contributed by atoms with Gasteiger partial charge in [-0.15, -0.1) is 0 Å². The Morgan fingerprint density at radius 2 is 1.87 bits per heavy atom. The largest absolute Gasteiger partial charge is 0.393 e. The molecule has 1 aromatic carbocycles. The van der Waals surface area contributed by atoms with Crippen molar-refractivity contribution in [2.24, 2.45) is 0 Å². The molecule has 0 unspecified atom stereocenters. The minimum absolute atomic E-state index is 0.110. The first kappa shape index (κ1) is 21.3. The molecule has 164 valence electrons. The first-order valence-electron chi connectivity index (χ1n) is 11.3. The van der Waals surface area contributed by atoms with Gasteiger partial charge in [0.25, 0.3) is 0 Å². The molecule has 3 heterocycles. The lowest BCUT2D eigenvalue weighted by Gasteiger charge is -2.34. The fourth-order valence-electron chi connectivity index (χ4n) is 5.21. The number of hydrogen-bond donors (Lipinski definition) is 2. The van der Waals surface area contributed by atoms with Crippen LogP contribution in [0.4, 0.5) is 0 Å². The van der Waals surface area contributed by atoms with E-state index >= 15 is 0 Å². The number of fused-ring (bicyclic) bond motifs is 1. The van der Waals surface area contributed by atoms with E-state index < -0.39 is 0 Å². The van der Waals surface area contributed by atoms with Gasteiger partial charge in [-0.1, -0.05) is 30.3 Å². The fraction of sp³-hybridized carbons (Fsp3) is 0.652. The van der Waals surface area contributed by atoms with Crippen LogP contribution in [-0.2, 0) is 16.1 Å². The standard InChI is InChI=1S/C23H34N4O3/c1-25-18(7-8-21(29)26-12-9-19(28)10-13-26)15-24-23(30)22-20(25)11-14-27(22)16-17-5-3-2-4-6-17/h2-6,18-20,22,28H,7-16H2,1H3,(H,24,30)/t18-,20+,22-/m0/s1. The Morgan fingerprint density at radius 1 is 1.13 bits per heavy atom. The summed E-state index contributed by atoms with van der Waals surface area (Å²) in [5.41, 5.74) is 1.23. The number of piperidine rings is 1. The molecular formula is C23H34N4O3. The van der Waals surface area contributed by atoms with Gasteiger partial charge in [0.15, 0.2) is 0 Å². The predicted molar refractivity (Wildman–Crippen MR) is 115 cm³/mol. The van der Waals surface area contributed by atoms with Gasteiger partial charge in [0.2, 0.25) is 11.8 Å². The quantitative estimate of drug-likeness (QED) is 0.746. The predicted octanol–water partition coefficient (Wildman–Crippen LogP) is 0.823. The highest BCUT2D eigenvalue weighted by Crippen LogP contribution is 2.28. The Bertz CT molecular complexity index is 735. The molecule has 0 saturated carbocycles. The van der Waals surface area contributed by atoms with E-state index in [2.05, 4.69) is 34.3 Å². The topological polar surface area (TPSA) is 76.1 Å². The number of benzene rings is 1. The molecule has 1 aromatic rings. The number of carbonyl (C=O) groups is 2. The molecule has 4 rings (SSSR count). The summed E-state index contributed by atoms with van der Waals surface area (Å²) < 4.78 is 0. The van der Waals surface area contributed by atoms with Gasteiger partial charge in [0, 0.05) is 51.2 Å². The number of aliphatic hydroxyl groups is 1. The van der Waals surface area contributed by atoms with E-state index in [9.17, 15) is 14.7 Å². The van der Waals surface area contributed by atoms with Gasteiger partial charge < -0.3 is 15.3 Å². The number of nitrogens with one attached hydrogen (secondary N) is 1. The Morgan fingerprint density at radius 3 is 2.60 bits per heavy atom. The van der Waals surface area contributed by atoms with Gasteiger partial charge in [-0.05, 0) is 38.3 Å². The molecule has 7 nitrogen and oxygen atoms in total. The summed E-state index contributed by atoms with van der Waals surface area (Å²) in [7, 11) is 2.11. The third-order valence-corrected chi connectivity index (χ3v) is 7.09. The van der Waals surface area contributed by atoms with E-state index in [4.69, 9.17) is 0 Å². The van der Waals surface area contributed by atoms with Crippen LogP contribution in [0.3, 0.4) is 0 Å². The molecule has 30 heavy (non-hydrogen) atoms. The lowest BCUT2D eigenvalue weighted by molar-refractivity contribution is -0.133. The number of aliphatic hydroxyl groups excluding tert-OH is 1. The lowest BCUT2D eigenvalue weighted by Crippen LogP contribution is -2.49. The molecule has 0 aliphatic carbocycles. The molecule has 3 aliphatic heterocycles. The van der Waals surface area contributed by atoms with E-state index in [1.165, 1.54) is 5.56 Å². The van der Waals surface area contributed by atoms with Crippen LogP contribution in [0.15, 0.2) is 30.3 Å². The summed E-state index contributed by atoms with van der Waals surface area (Å²) in [4.78, 5) is 32.0. The van der Waals surface area contributed by atoms with Crippen molar-refractivity contribution in [2.45, 2.75) is 62.9 Å². The SMILES string of the molecule is CN1[C@@H](CCC(=O)N2CCC(O)CC2)CNC(=O)[C@@H]2[C@H]1CCN2Cc1ccccc1. The fourth-order valence-corrected chi connectivity index (χ4v) is 5.21. The van der Waals surface area contributed by atoms with E-state index in [1.54, 1.807) is 0 Å². The van der Waals surface area contributed by atoms with Crippen LogP contribution in [0, 0.1) is 0 Å². The van der Waals surface area contributed by atoms with Crippen LogP contribution in [0.5, 0.6) is 0 Å². The molecule has 0 bridgehead atoms. The number of amides is 2. The van der Waals surface area contributed by atoms with Gasteiger partial charge in [-0.2, -0.15) is 0 Å². The molecule has 3 saturated heterocycles. The molecule has 0 aromatic heterocycles. The van der Waals surface area contributed by atoms with Gasteiger partial charge in [-0.3, -0.25) is 19.4 Å². The molecule has 0 radical (unpaired) electrons. The molecule has 7 heteroatoms. The van der Waals surface area contributed by atoms with Crippen molar-refractivity contribution in [2.75, 3.05) is 33.2 Å². The summed E-state index contributed by atoms with van der Waals surface area (Å²) in [6.45, 7) is 3.58. The molecule has 0 spiro atoms. The zero-order valence-electron chi connectivity index (χ0n) is 17.9. The van der Waals surface area contributed by atoms with Gasteiger partial charge >= 0.3 is 0 Å². The minimum Gasteiger partial charge on any atom is -0.393 e. The van der Waals surface area contributed by atoms with Crippen molar-refractivity contribution in [3.63, 3.8) is 0 Å². The smallest absolute Gasteiger partial charge is 0.239 e. The Kier molecular flexibility index (Phi) is 6.71. The van der Waals surface area contributed by atoms with Crippen LogP contribution in [0.1, 0.15) is 37.7 Å². The normalized spacial score (nSPS) is 28.8. The van der Waals surface area contributed by atoms with Crippen LogP contribution in [0.25, 0.3) is 0 Å². The second-order valence-electron chi connectivity index (χ2n) is 8.97. The van der Waals surface area contributed by atoms with Crippen LogP contribution in [-0.4, -0.2) is 89.1 Å². The maximum absolute atomic E-state index is 12.9. The maximum Gasteiger partial charge on any atom is 0.239 e. The second kappa shape index (κ2) is 9.45. The Hall–Kier alpha value is -1.96. The van der Waals surface area contributed by atoms with E-state index in [0.717, 1.165) is 25.9 Å². The minimum atomic E-state index is -0.268. The first-order valence-corrected chi connectivity index (χ1v) is 11.3. The number of nitrogens with zero attached hydrogens (tertiary/aromatic N) is 3. The van der Waals surface area contributed by atoms with Crippen LogP contribution < -0.4 is 5.32 Å². The van der Waals surface area contributed by atoms with Gasteiger partial charge in [0.05, 0.1) is 6.10 Å². The van der Waals surface area contributed by atoms with Gasteiger partial charge in [-0.25, -0.2) is 0 Å². The summed E-state index contributed by atoms with van der Waals surface area (Å²) in [5, 5.41) is 12.8. The van der Waals surface area contributed by atoms with Crippen molar-refractivity contribution in [3.8, 4) is 0 Å². The summed E-state index contributed by atoms with van der Waals surface area (Å²) in [6.07, 6.45) is 3.28. The Labute approximate surface area is 179 Å². The molecule has 2 N–H and O–H groups in total. The molecule has 3 atom stereocenters. The first-order chi connectivity index (χ1) is 14.5. The average Bonchev–Trinajstić information content (AvgIpc) is 3.12. The van der Waals surface area contributed by atoms with Crippen molar-refractivity contribution in [1.82, 2.24) is 20.0 Å². The summed E-state index contributed by atoms with van der Waals surface area (Å²) in [5.74, 6) is 0.277. The highest BCUT2D eigenvalue weighted by atomic mass is 16.3. The number of likely N-dealkylation sites (N-methyl/N-ethyl adjacent to an activating group) is 1. The number of rotatable bonds is 5. The third kappa shape index (κ3) is 4.68.